The molecule has 19 heavy (non-hydrogen) atoms. The minimum atomic E-state index is -0.962. The lowest BCUT2D eigenvalue weighted by atomic mass is 10.1. The number of amides is 1. The lowest BCUT2D eigenvalue weighted by molar-refractivity contribution is -0.120. The van der Waals surface area contributed by atoms with Crippen molar-refractivity contribution in [2.75, 3.05) is 33.4 Å². The monoisotopic (exact) mass is 272 g/mol. The topological polar surface area (TPSA) is 50.4 Å². The average Bonchev–Trinajstić information content (AvgIpc) is 2.39. The zero-order valence-electron chi connectivity index (χ0n) is 10.8. The smallest absolute Gasteiger partial charge is 0.224 e. The standard InChI is InChI=1S/C13H18F2N2O2/c1-19-8-7-16-5-6-17-12(18)9-10-3-2-4-11(14)13(10)15/h2-4,16H,5-9H2,1H3,(H,17,18). The van der Waals surface area contributed by atoms with Crippen LogP contribution in [0.25, 0.3) is 0 Å². The van der Waals surface area contributed by atoms with Gasteiger partial charge >= 0.3 is 0 Å². The van der Waals surface area contributed by atoms with E-state index in [0.717, 1.165) is 6.07 Å². The van der Waals surface area contributed by atoms with Gasteiger partial charge in [-0.2, -0.15) is 0 Å². The summed E-state index contributed by atoms with van der Waals surface area (Å²) in [7, 11) is 1.61. The zero-order chi connectivity index (χ0) is 14.1. The molecule has 2 N–H and O–H groups in total. The molecule has 0 bridgehead atoms. The van der Waals surface area contributed by atoms with Gasteiger partial charge in [-0.05, 0) is 6.07 Å². The quantitative estimate of drug-likeness (QED) is 0.690. The molecule has 0 aliphatic rings. The first kappa shape index (κ1) is 15.5. The maximum absolute atomic E-state index is 13.3. The maximum atomic E-state index is 13.3. The number of hydrogen-bond acceptors (Lipinski definition) is 3. The maximum Gasteiger partial charge on any atom is 0.224 e. The van der Waals surface area contributed by atoms with Crippen LogP contribution in [0.2, 0.25) is 0 Å². The molecule has 1 amide bonds. The molecule has 0 aliphatic heterocycles. The zero-order valence-corrected chi connectivity index (χ0v) is 10.8. The summed E-state index contributed by atoms with van der Waals surface area (Å²) in [6, 6.07) is 3.80. The number of benzene rings is 1. The van der Waals surface area contributed by atoms with Gasteiger partial charge in [-0.3, -0.25) is 4.79 Å². The molecule has 1 rings (SSSR count). The first-order chi connectivity index (χ1) is 9.15. The summed E-state index contributed by atoms with van der Waals surface area (Å²) in [5.74, 6) is -2.24. The first-order valence-electron chi connectivity index (χ1n) is 6.04. The van der Waals surface area contributed by atoms with E-state index in [1.165, 1.54) is 12.1 Å². The molecule has 106 valence electrons. The number of hydrogen-bond donors (Lipinski definition) is 2. The third-order valence-electron chi connectivity index (χ3n) is 2.49. The largest absolute Gasteiger partial charge is 0.383 e. The predicted octanol–water partition coefficient (Wildman–Crippen LogP) is 0.859. The first-order valence-corrected chi connectivity index (χ1v) is 6.04. The van der Waals surface area contributed by atoms with Crippen molar-refractivity contribution in [3.8, 4) is 0 Å². The highest BCUT2D eigenvalue weighted by Crippen LogP contribution is 2.11. The summed E-state index contributed by atoms with van der Waals surface area (Å²) in [6.07, 6.45) is -0.165. The summed E-state index contributed by atoms with van der Waals surface area (Å²) < 4.78 is 31.1. The SMILES string of the molecule is COCCNCCNC(=O)Cc1cccc(F)c1F. The minimum Gasteiger partial charge on any atom is -0.383 e. The van der Waals surface area contributed by atoms with Crippen LogP contribution >= 0.6 is 0 Å². The molecular formula is C13H18F2N2O2. The van der Waals surface area contributed by atoms with E-state index in [-0.39, 0.29) is 17.9 Å². The Kier molecular flexibility index (Phi) is 6.99. The molecule has 0 unspecified atom stereocenters. The van der Waals surface area contributed by atoms with Gasteiger partial charge in [0.05, 0.1) is 13.0 Å². The molecule has 0 radical (unpaired) electrons. The molecule has 0 aliphatic carbocycles. The molecule has 0 spiro atoms. The minimum absolute atomic E-state index is 0.0600. The van der Waals surface area contributed by atoms with E-state index in [2.05, 4.69) is 10.6 Å². The molecule has 0 heterocycles. The average molecular weight is 272 g/mol. The molecule has 0 fully saturated rings. The Morgan fingerprint density at radius 3 is 2.79 bits per heavy atom. The number of ether oxygens (including phenoxy) is 1. The Morgan fingerprint density at radius 1 is 1.26 bits per heavy atom. The van der Waals surface area contributed by atoms with Gasteiger partial charge in [0.25, 0.3) is 0 Å². The van der Waals surface area contributed by atoms with Crippen LogP contribution in [-0.4, -0.2) is 39.3 Å². The van der Waals surface area contributed by atoms with Crippen LogP contribution in [-0.2, 0) is 16.0 Å². The molecule has 6 heteroatoms. The van der Waals surface area contributed by atoms with Gasteiger partial charge in [-0.25, -0.2) is 8.78 Å². The lowest BCUT2D eigenvalue weighted by Gasteiger charge is -2.07. The number of nitrogens with one attached hydrogen (secondary N) is 2. The van der Waals surface area contributed by atoms with E-state index in [0.29, 0.717) is 26.2 Å². The molecule has 0 aromatic heterocycles. The normalized spacial score (nSPS) is 10.5. The van der Waals surface area contributed by atoms with E-state index in [4.69, 9.17) is 4.74 Å². The van der Waals surface area contributed by atoms with E-state index >= 15 is 0 Å². The van der Waals surface area contributed by atoms with Crippen LogP contribution in [0.1, 0.15) is 5.56 Å². The Bertz CT molecular complexity index is 414. The van der Waals surface area contributed by atoms with Crippen LogP contribution in [0.3, 0.4) is 0 Å². The molecule has 0 atom stereocenters. The van der Waals surface area contributed by atoms with Crippen LogP contribution in [0.4, 0.5) is 8.78 Å². The lowest BCUT2D eigenvalue weighted by Crippen LogP contribution is -2.34. The number of carbonyl (C=O) groups excluding carboxylic acids is 1. The summed E-state index contributed by atoms with van der Waals surface area (Å²) >= 11 is 0. The van der Waals surface area contributed by atoms with Crippen LogP contribution in [0, 0.1) is 11.6 Å². The summed E-state index contributed by atoms with van der Waals surface area (Å²) in [5, 5.41) is 5.68. The van der Waals surface area contributed by atoms with Gasteiger partial charge in [0.15, 0.2) is 11.6 Å². The van der Waals surface area contributed by atoms with Gasteiger partial charge in [0, 0.05) is 32.3 Å². The van der Waals surface area contributed by atoms with Crippen LogP contribution in [0.5, 0.6) is 0 Å². The van der Waals surface area contributed by atoms with Crippen molar-refractivity contribution in [2.24, 2.45) is 0 Å². The summed E-state index contributed by atoms with van der Waals surface area (Å²) in [6.45, 7) is 2.33. The van der Waals surface area contributed by atoms with Gasteiger partial charge in [-0.1, -0.05) is 12.1 Å². The second kappa shape index (κ2) is 8.55. The number of methoxy groups -OCH3 is 1. The Labute approximate surface area is 111 Å². The molecule has 1 aromatic rings. The third kappa shape index (κ3) is 5.76. The van der Waals surface area contributed by atoms with Crippen molar-refractivity contribution in [3.05, 3.63) is 35.4 Å². The third-order valence-corrected chi connectivity index (χ3v) is 2.49. The van der Waals surface area contributed by atoms with Crippen molar-refractivity contribution >= 4 is 5.91 Å². The van der Waals surface area contributed by atoms with E-state index in [1.807, 2.05) is 0 Å². The van der Waals surface area contributed by atoms with Crippen molar-refractivity contribution in [1.29, 1.82) is 0 Å². The Balaban J connectivity index is 2.26. The van der Waals surface area contributed by atoms with Crippen LogP contribution in [0.15, 0.2) is 18.2 Å². The van der Waals surface area contributed by atoms with Gasteiger partial charge in [-0.15, -0.1) is 0 Å². The summed E-state index contributed by atoms with van der Waals surface area (Å²) in [4.78, 5) is 11.5. The highest BCUT2D eigenvalue weighted by molar-refractivity contribution is 5.78. The molecule has 1 aromatic carbocycles. The van der Waals surface area contributed by atoms with E-state index in [9.17, 15) is 13.6 Å². The van der Waals surface area contributed by atoms with Crippen LogP contribution < -0.4 is 10.6 Å². The Morgan fingerprint density at radius 2 is 2.05 bits per heavy atom. The highest BCUT2D eigenvalue weighted by atomic mass is 19.2. The number of carbonyl (C=O) groups is 1. The molecule has 0 saturated carbocycles. The van der Waals surface area contributed by atoms with E-state index in [1.54, 1.807) is 7.11 Å². The molecule has 0 saturated heterocycles. The fourth-order valence-corrected chi connectivity index (χ4v) is 1.51. The van der Waals surface area contributed by atoms with E-state index < -0.39 is 11.6 Å². The fraction of sp³-hybridized carbons (Fsp3) is 0.462. The number of rotatable bonds is 8. The van der Waals surface area contributed by atoms with Crippen molar-refractivity contribution in [3.63, 3.8) is 0 Å². The van der Waals surface area contributed by atoms with Gasteiger partial charge in [0.1, 0.15) is 0 Å². The second-order valence-electron chi connectivity index (χ2n) is 3.98. The van der Waals surface area contributed by atoms with Crippen molar-refractivity contribution in [2.45, 2.75) is 6.42 Å². The van der Waals surface area contributed by atoms with Crippen molar-refractivity contribution in [1.82, 2.24) is 10.6 Å². The molecule has 4 nitrogen and oxygen atoms in total. The fourth-order valence-electron chi connectivity index (χ4n) is 1.51. The number of halogens is 2. The molecular weight excluding hydrogens is 254 g/mol. The highest BCUT2D eigenvalue weighted by Gasteiger charge is 2.10. The predicted molar refractivity (Wildman–Crippen MR) is 67.8 cm³/mol. The van der Waals surface area contributed by atoms with Gasteiger partial charge in [0.2, 0.25) is 5.91 Å². The Hall–Kier alpha value is -1.53. The second-order valence-corrected chi connectivity index (χ2v) is 3.98. The van der Waals surface area contributed by atoms with Crippen molar-refractivity contribution < 1.29 is 18.3 Å². The van der Waals surface area contributed by atoms with Gasteiger partial charge < -0.3 is 15.4 Å². The summed E-state index contributed by atoms with van der Waals surface area (Å²) in [5.41, 5.74) is 0.0600.